The Morgan fingerprint density at radius 2 is 1.94 bits per heavy atom. The Morgan fingerprint density at radius 3 is 2.47 bits per heavy atom. The predicted octanol–water partition coefficient (Wildman–Crippen LogP) is 4.10. The van der Waals surface area contributed by atoms with Crippen LogP contribution in [0, 0.1) is 0 Å². The van der Waals surface area contributed by atoms with E-state index in [2.05, 4.69) is 18.4 Å². The molecule has 3 heteroatoms. The van der Waals surface area contributed by atoms with E-state index < -0.39 is 5.60 Å². The maximum atomic E-state index is 10.2. The van der Waals surface area contributed by atoms with Crippen molar-refractivity contribution in [1.29, 1.82) is 0 Å². The number of nitrogens with zero attached hydrogens (tertiary/aromatic N) is 1. The van der Waals surface area contributed by atoms with Gasteiger partial charge in [0.15, 0.2) is 0 Å². The van der Waals surface area contributed by atoms with Crippen molar-refractivity contribution in [3.05, 3.63) is 35.0 Å². The third kappa shape index (κ3) is 2.20. The largest absolute Gasteiger partial charge is 0.386 e. The molecule has 0 saturated carbocycles. The van der Waals surface area contributed by atoms with Crippen molar-refractivity contribution in [2.45, 2.75) is 39.3 Å². The number of hydrogen-bond acceptors (Lipinski definition) is 1. The highest BCUT2D eigenvalue weighted by molar-refractivity contribution is 6.31. The number of aliphatic hydroxyl groups is 1. The van der Waals surface area contributed by atoms with Gasteiger partial charge in [0.1, 0.15) is 0 Å². The zero-order valence-electron chi connectivity index (χ0n) is 10.7. The second kappa shape index (κ2) is 4.04. The zero-order chi connectivity index (χ0) is 12.8. The lowest BCUT2D eigenvalue weighted by atomic mass is 9.98. The lowest BCUT2D eigenvalue weighted by Crippen LogP contribution is -2.14. The third-order valence-corrected chi connectivity index (χ3v) is 3.25. The Hall–Kier alpha value is -0.990. The van der Waals surface area contributed by atoms with Crippen molar-refractivity contribution < 1.29 is 5.11 Å². The minimum Gasteiger partial charge on any atom is -0.386 e. The summed E-state index contributed by atoms with van der Waals surface area (Å²) in [5.41, 5.74) is 1.18. The first-order valence-corrected chi connectivity index (χ1v) is 6.21. The van der Waals surface area contributed by atoms with Crippen molar-refractivity contribution >= 4 is 22.5 Å². The van der Waals surface area contributed by atoms with Gasteiger partial charge in [0, 0.05) is 28.2 Å². The molecule has 1 aromatic carbocycles. The first-order valence-electron chi connectivity index (χ1n) is 5.83. The molecule has 0 spiro atoms. The fourth-order valence-corrected chi connectivity index (χ4v) is 2.31. The number of aromatic nitrogens is 1. The number of halogens is 1. The van der Waals surface area contributed by atoms with Gasteiger partial charge in [0.05, 0.1) is 11.1 Å². The van der Waals surface area contributed by atoms with Crippen molar-refractivity contribution in [2.24, 2.45) is 0 Å². The molecule has 92 valence electrons. The predicted molar refractivity (Wildman–Crippen MR) is 72.6 cm³/mol. The monoisotopic (exact) mass is 251 g/mol. The minimum absolute atomic E-state index is 0.340. The minimum atomic E-state index is -0.841. The molecule has 17 heavy (non-hydrogen) atoms. The topological polar surface area (TPSA) is 25.2 Å². The van der Waals surface area contributed by atoms with Crippen LogP contribution in [0.5, 0.6) is 0 Å². The molecule has 1 aromatic heterocycles. The molecule has 0 radical (unpaired) electrons. The van der Waals surface area contributed by atoms with E-state index in [-0.39, 0.29) is 0 Å². The Labute approximate surface area is 107 Å². The van der Waals surface area contributed by atoms with Gasteiger partial charge in [0.2, 0.25) is 0 Å². The first-order chi connectivity index (χ1) is 7.80. The van der Waals surface area contributed by atoms with E-state index in [1.165, 1.54) is 0 Å². The zero-order valence-corrected chi connectivity index (χ0v) is 11.4. The maximum Gasteiger partial charge on any atom is 0.0861 e. The lowest BCUT2D eigenvalue weighted by molar-refractivity contribution is 0.0799. The molecule has 1 N–H and O–H groups in total. The molecule has 0 aliphatic rings. The molecule has 0 atom stereocenters. The van der Waals surface area contributed by atoms with E-state index in [4.69, 9.17) is 11.6 Å². The van der Waals surface area contributed by atoms with Gasteiger partial charge in [0.25, 0.3) is 0 Å². The summed E-state index contributed by atoms with van der Waals surface area (Å²) in [5, 5.41) is 12.0. The first kappa shape index (κ1) is 12.5. The van der Waals surface area contributed by atoms with Crippen molar-refractivity contribution in [3.8, 4) is 0 Å². The molecule has 2 aromatic rings. The van der Waals surface area contributed by atoms with Crippen LogP contribution in [0.25, 0.3) is 10.9 Å². The van der Waals surface area contributed by atoms with Gasteiger partial charge in [-0.15, -0.1) is 0 Å². The second-order valence-electron chi connectivity index (χ2n) is 5.26. The SMILES string of the molecule is CC(C)n1cc(C(C)(C)O)c2ccc(Cl)cc21. The fourth-order valence-electron chi connectivity index (χ4n) is 2.14. The van der Waals surface area contributed by atoms with E-state index in [0.29, 0.717) is 6.04 Å². The standard InChI is InChI=1S/C14H18ClNO/c1-9(2)16-8-12(14(3,4)17)11-6-5-10(15)7-13(11)16/h5-9,17H,1-4H3. The van der Waals surface area contributed by atoms with E-state index in [1.807, 2.05) is 24.4 Å². The van der Waals surface area contributed by atoms with E-state index in [1.54, 1.807) is 13.8 Å². The molecular weight excluding hydrogens is 234 g/mol. The molecule has 0 amide bonds. The molecular formula is C14H18ClNO. The number of rotatable bonds is 2. The van der Waals surface area contributed by atoms with E-state index in [0.717, 1.165) is 21.5 Å². The normalized spacial score (nSPS) is 12.6. The summed E-state index contributed by atoms with van der Waals surface area (Å²) >= 11 is 6.04. The van der Waals surface area contributed by atoms with Crippen molar-refractivity contribution in [3.63, 3.8) is 0 Å². The van der Waals surface area contributed by atoms with Crippen LogP contribution in [0.2, 0.25) is 5.02 Å². The van der Waals surface area contributed by atoms with Crippen LogP contribution < -0.4 is 0 Å². The number of benzene rings is 1. The molecule has 0 bridgehead atoms. The van der Waals surface area contributed by atoms with Crippen LogP contribution in [-0.4, -0.2) is 9.67 Å². The second-order valence-corrected chi connectivity index (χ2v) is 5.70. The lowest BCUT2D eigenvalue weighted by Gasteiger charge is -2.16. The van der Waals surface area contributed by atoms with Gasteiger partial charge < -0.3 is 9.67 Å². The highest BCUT2D eigenvalue weighted by Crippen LogP contribution is 2.33. The van der Waals surface area contributed by atoms with Crippen LogP contribution >= 0.6 is 11.6 Å². The highest BCUT2D eigenvalue weighted by Gasteiger charge is 2.22. The molecule has 0 aliphatic carbocycles. The number of fused-ring (bicyclic) bond motifs is 1. The van der Waals surface area contributed by atoms with Crippen LogP contribution in [0.15, 0.2) is 24.4 Å². The molecule has 0 unspecified atom stereocenters. The molecule has 0 aliphatic heterocycles. The van der Waals surface area contributed by atoms with E-state index >= 15 is 0 Å². The number of hydrogen-bond donors (Lipinski definition) is 1. The van der Waals surface area contributed by atoms with Gasteiger partial charge in [-0.3, -0.25) is 0 Å². The molecule has 0 saturated heterocycles. The van der Waals surface area contributed by atoms with Gasteiger partial charge in [-0.2, -0.15) is 0 Å². The van der Waals surface area contributed by atoms with Crippen LogP contribution in [0.4, 0.5) is 0 Å². The van der Waals surface area contributed by atoms with Crippen molar-refractivity contribution in [1.82, 2.24) is 4.57 Å². The summed E-state index contributed by atoms with van der Waals surface area (Å²) in [7, 11) is 0. The maximum absolute atomic E-state index is 10.2. The Balaban J connectivity index is 2.80. The molecule has 0 fully saturated rings. The van der Waals surface area contributed by atoms with Gasteiger partial charge >= 0.3 is 0 Å². The molecule has 2 nitrogen and oxygen atoms in total. The molecule has 1 heterocycles. The summed E-state index contributed by atoms with van der Waals surface area (Å²) < 4.78 is 2.15. The van der Waals surface area contributed by atoms with Gasteiger partial charge in [-0.1, -0.05) is 17.7 Å². The Morgan fingerprint density at radius 1 is 1.29 bits per heavy atom. The summed E-state index contributed by atoms with van der Waals surface area (Å²) in [6.07, 6.45) is 2.02. The van der Waals surface area contributed by atoms with Gasteiger partial charge in [-0.25, -0.2) is 0 Å². The summed E-state index contributed by atoms with van der Waals surface area (Å²) in [6, 6.07) is 6.13. The Kier molecular flexibility index (Phi) is 2.96. The quantitative estimate of drug-likeness (QED) is 0.854. The summed E-state index contributed by atoms with van der Waals surface area (Å²) in [4.78, 5) is 0. The summed E-state index contributed by atoms with van der Waals surface area (Å²) in [6.45, 7) is 7.85. The average molecular weight is 252 g/mol. The highest BCUT2D eigenvalue weighted by atomic mass is 35.5. The smallest absolute Gasteiger partial charge is 0.0861 e. The van der Waals surface area contributed by atoms with Crippen molar-refractivity contribution in [2.75, 3.05) is 0 Å². The van der Waals surface area contributed by atoms with Gasteiger partial charge in [-0.05, 0) is 39.8 Å². The third-order valence-electron chi connectivity index (χ3n) is 3.01. The molecule has 2 rings (SSSR count). The van der Waals surface area contributed by atoms with Crippen LogP contribution in [0.1, 0.15) is 39.3 Å². The average Bonchev–Trinajstić information content (AvgIpc) is 2.55. The fraction of sp³-hybridized carbons (Fsp3) is 0.429. The van der Waals surface area contributed by atoms with Crippen LogP contribution in [-0.2, 0) is 5.60 Å². The Bertz CT molecular complexity index is 549. The summed E-state index contributed by atoms with van der Waals surface area (Å²) in [5.74, 6) is 0. The van der Waals surface area contributed by atoms with E-state index in [9.17, 15) is 5.11 Å². The van der Waals surface area contributed by atoms with Crippen LogP contribution in [0.3, 0.4) is 0 Å².